The lowest BCUT2D eigenvalue weighted by atomic mass is 9.92. The Morgan fingerprint density at radius 1 is 1.35 bits per heavy atom. The van der Waals surface area contributed by atoms with Crippen LogP contribution < -0.4 is 5.32 Å². The molecule has 3 rings (SSSR count). The van der Waals surface area contributed by atoms with Crippen LogP contribution in [-0.2, 0) is 9.53 Å². The monoisotopic (exact) mass is 355 g/mol. The van der Waals surface area contributed by atoms with Crippen molar-refractivity contribution in [3.05, 3.63) is 71.4 Å². The highest BCUT2D eigenvalue weighted by atomic mass is 19.1. The van der Waals surface area contributed by atoms with Gasteiger partial charge in [0.2, 0.25) is 5.91 Å². The van der Waals surface area contributed by atoms with Gasteiger partial charge in [-0.2, -0.15) is 0 Å². The minimum atomic E-state index is -0.322. The number of carbonyl (C=O) groups is 1. The Bertz CT molecular complexity index is 907. The van der Waals surface area contributed by atoms with E-state index in [0.29, 0.717) is 13.2 Å². The van der Waals surface area contributed by atoms with Crippen LogP contribution in [0.5, 0.6) is 0 Å². The molecule has 0 bridgehead atoms. The van der Waals surface area contributed by atoms with E-state index in [1.807, 2.05) is 35.7 Å². The average Bonchev–Trinajstić information content (AvgIpc) is 3.05. The van der Waals surface area contributed by atoms with Crippen molar-refractivity contribution in [2.75, 3.05) is 20.3 Å². The molecular formula is C20H22FN3O2. The number of ether oxygens (including phenoxy) is 1. The predicted molar refractivity (Wildman–Crippen MR) is 97.7 cm³/mol. The normalized spacial score (nSPS) is 12.3. The molecule has 3 aromatic rings. The number of benzene rings is 1. The Kier molecular flexibility index (Phi) is 5.63. The Morgan fingerprint density at radius 2 is 2.19 bits per heavy atom. The maximum Gasteiger partial charge on any atom is 0.221 e. The Labute approximate surface area is 151 Å². The molecule has 0 saturated heterocycles. The highest BCUT2D eigenvalue weighted by molar-refractivity contribution is 5.77. The molecule has 1 aromatic carbocycles. The summed E-state index contributed by atoms with van der Waals surface area (Å²) in [7, 11) is 1.59. The third-order valence-electron chi connectivity index (χ3n) is 4.39. The largest absolute Gasteiger partial charge is 0.383 e. The second-order valence-corrected chi connectivity index (χ2v) is 6.22. The average molecular weight is 355 g/mol. The van der Waals surface area contributed by atoms with Crippen LogP contribution in [0.1, 0.15) is 29.2 Å². The first-order valence-corrected chi connectivity index (χ1v) is 8.54. The molecule has 0 saturated carbocycles. The Balaban J connectivity index is 1.97. The van der Waals surface area contributed by atoms with Crippen LogP contribution in [0.2, 0.25) is 0 Å². The van der Waals surface area contributed by atoms with E-state index >= 15 is 0 Å². The first-order valence-electron chi connectivity index (χ1n) is 8.54. The predicted octanol–water partition coefficient (Wildman–Crippen LogP) is 3.07. The van der Waals surface area contributed by atoms with Crippen molar-refractivity contribution in [3.63, 3.8) is 0 Å². The molecule has 136 valence electrons. The number of aromatic nitrogens is 2. The van der Waals surface area contributed by atoms with Gasteiger partial charge >= 0.3 is 0 Å². The van der Waals surface area contributed by atoms with Gasteiger partial charge < -0.3 is 14.5 Å². The lowest BCUT2D eigenvalue weighted by Crippen LogP contribution is -2.28. The van der Waals surface area contributed by atoms with Crippen molar-refractivity contribution in [2.24, 2.45) is 0 Å². The number of methoxy groups -OCH3 is 1. The molecule has 6 heteroatoms. The van der Waals surface area contributed by atoms with E-state index in [1.165, 1.54) is 12.1 Å². The van der Waals surface area contributed by atoms with Gasteiger partial charge in [-0.05, 0) is 36.2 Å². The van der Waals surface area contributed by atoms with E-state index in [0.717, 1.165) is 22.5 Å². The van der Waals surface area contributed by atoms with E-state index in [4.69, 9.17) is 4.74 Å². The molecular weight excluding hydrogens is 333 g/mol. The molecule has 0 aliphatic carbocycles. The van der Waals surface area contributed by atoms with Crippen LogP contribution in [0.3, 0.4) is 0 Å². The number of nitrogens with one attached hydrogen (secondary N) is 1. The van der Waals surface area contributed by atoms with Gasteiger partial charge in [0.1, 0.15) is 11.5 Å². The number of halogens is 1. The highest BCUT2D eigenvalue weighted by Gasteiger charge is 2.22. The molecule has 0 radical (unpaired) electrons. The number of hydrogen-bond donors (Lipinski definition) is 1. The van der Waals surface area contributed by atoms with Gasteiger partial charge in [-0.3, -0.25) is 4.79 Å². The SMILES string of the molecule is COCCNC(=O)C[C@H](c1cccc(F)c1)c1cnc2c(C)cccn12. The summed E-state index contributed by atoms with van der Waals surface area (Å²) in [5.74, 6) is -0.735. The molecule has 1 atom stereocenters. The zero-order valence-corrected chi connectivity index (χ0v) is 14.9. The zero-order valence-electron chi connectivity index (χ0n) is 14.9. The summed E-state index contributed by atoms with van der Waals surface area (Å²) in [6.45, 7) is 2.88. The standard InChI is InChI=1S/C20H22FN3O2/c1-14-5-4-9-24-18(13-23-20(14)24)17(12-19(25)22-8-10-26-2)15-6-3-7-16(21)11-15/h3-7,9,11,13,17H,8,10,12H2,1-2H3,(H,22,25)/t17-/m1/s1. The lowest BCUT2D eigenvalue weighted by Gasteiger charge is -2.17. The van der Waals surface area contributed by atoms with Crippen molar-refractivity contribution >= 4 is 11.6 Å². The van der Waals surface area contributed by atoms with E-state index < -0.39 is 0 Å². The van der Waals surface area contributed by atoms with Gasteiger partial charge in [0, 0.05) is 38.4 Å². The van der Waals surface area contributed by atoms with Crippen LogP contribution in [-0.4, -0.2) is 35.6 Å². The van der Waals surface area contributed by atoms with Crippen molar-refractivity contribution in [2.45, 2.75) is 19.3 Å². The maximum absolute atomic E-state index is 13.8. The second-order valence-electron chi connectivity index (χ2n) is 6.22. The van der Waals surface area contributed by atoms with Crippen molar-refractivity contribution < 1.29 is 13.9 Å². The summed E-state index contributed by atoms with van der Waals surface area (Å²) in [6, 6.07) is 10.3. The second kappa shape index (κ2) is 8.10. The van der Waals surface area contributed by atoms with Crippen molar-refractivity contribution in [3.8, 4) is 0 Å². The van der Waals surface area contributed by atoms with Gasteiger partial charge in [-0.25, -0.2) is 9.37 Å². The zero-order chi connectivity index (χ0) is 18.5. The maximum atomic E-state index is 13.8. The van der Waals surface area contributed by atoms with Crippen LogP contribution in [0.15, 0.2) is 48.8 Å². The third-order valence-corrected chi connectivity index (χ3v) is 4.39. The quantitative estimate of drug-likeness (QED) is 0.663. The summed E-state index contributed by atoms with van der Waals surface area (Å²) in [4.78, 5) is 16.9. The first-order chi connectivity index (χ1) is 12.6. The van der Waals surface area contributed by atoms with Crippen molar-refractivity contribution in [1.82, 2.24) is 14.7 Å². The topological polar surface area (TPSA) is 55.6 Å². The number of amides is 1. The van der Waals surface area contributed by atoms with Crippen LogP contribution >= 0.6 is 0 Å². The number of aryl methyl sites for hydroxylation is 1. The number of nitrogens with zero attached hydrogens (tertiary/aromatic N) is 2. The summed E-state index contributed by atoms with van der Waals surface area (Å²) in [5, 5.41) is 2.83. The summed E-state index contributed by atoms with van der Waals surface area (Å²) < 4.78 is 20.7. The Hall–Kier alpha value is -2.73. The molecule has 1 N–H and O–H groups in total. The van der Waals surface area contributed by atoms with Crippen LogP contribution in [0, 0.1) is 12.7 Å². The molecule has 0 aliphatic heterocycles. The molecule has 1 amide bonds. The van der Waals surface area contributed by atoms with E-state index in [9.17, 15) is 9.18 Å². The summed E-state index contributed by atoms with van der Waals surface area (Å²) in [6.07, 6.45) is 3.88. The van der Waals surface area contributed by atoms with Gasteiger partial charge in [0.25, 0.3) is 0 Å². The molecule has 5 nitrogen and oxygen atoms in total. The van der Waals surface area contributed by atoms with Gasteiger partial charge in [-0.1, -0.05) is 18.2 Å². The fourth-order valence-electron chi connectivity index (χ4n) is 3.09. The number of fused-ring (bicyclic) bond motifs is 1. The van der Waals surface area contributed by atoms with E-state index in [1.54, 1.807) is 19.4 Å². The van der Waals surface area contributed by atoms with E-state index in [-0.39, 0.29) is 24.1 Å². The molecule has 2 heterocycles. The minimum Gasteiger partial charge on any atom is -0.383 e. The highest BCUT2D eigenvalue weighted by Crippen LogP contribution is 2.29. The van der Waals surface area contributed by atoms with Gasteiger partial charge in [-0.15, -0.1) is 0 Å². The first kappa shape index (κ1) is 18.1. The van der Waals surface area contributed by atoms with E-state index in [2.05, 4.69) is 10.3 Å². The molecule has 0 spiro atoms. The molecule has 0 unspecified atom stereocenters. The van der Waals surface area contributed by atoms with Crippen molar-refractivity contribution in [1.29, 1.82) is 0 Å². The molecule has 0 aliphatic rings. The summed E-state index contributed by atoms with van der Waals surface area (Å²) in [5.41, 5.74) is 3.48. The number of rotatable bonds is 7. The molecule has 0 fully saturated rings. The van der Waals surface area contributed by atoms with Crippen LogP contribution in [0.25, 0.3) is 5.65 Å². The third kappa shape index (κ3) is 3.91. The number of imidazole rings is 1. The fourth-order valence-corrected chi connectivity index (χ4v) is 3.09. The number of carbonyl (C=O) groups excluding carboxylic acids is 1. The summed E-state index contributed by atoms with van der Waals surface area (Å²) >= 11 is 0. The number of pyridine rings is 1. The Morgan fingerprint density at radius 3 is 2.96 bits per heavy atom. The minimum absolute atomic E-state index is 0.112. The smallest absolute Gasteiger partial charge is 0.221 e. The van der Waals surface area contributed by atoms with Crippen LogP contribution in [0.4, 0.5) is 4.39 Å². The van der Waals surface area contributed by atoms with Gasteiger partial charge in [0.15, 0.2) is 0 Å². The fraction of sp³-hybridized carbons (Fsp3) is 0.300. The molecule has 26 heavy (non-hydrogen) atoms. The lowest BCUT2D eigenvalue weighted by molar-refractivity contribution is -0.121. The van der Waals surface area contributed by atoms with Gasteiger partial charge in [0.05, 0.1) is 12.3 Å². The number of hydrogen-bond acceptors (Lipinski definition) is 3. The molecule has 2 aromatic heterocycles.